The van der Waals surface area contributed by atoms with Gasteiger partial charge in [-0.3, -0.25) is 14.6 Å². The monoisotopic (exact) mass is 297 g/mol. The quantitative estimate of drug-likeness (QED) is 0.822. The van der Waals surface area contributed by atoms with Crippen molar-refractivity contribution in [1.82, 2.24) is 9.88 Å². The first-order valence-electron chi connectivity index (χ1n) is 7.59. The van der Waals surface area contributed by atoms with Gasteiger partial charge in [0.05, 0.1) is 11.2 Å². The molecular weight excluding hydrogens is 278 g/mol. The average molecular weight is 297 g/mol. The van der Waals surface area contributed by atoms with E-state index in [0.717, 1.165) is 18.2 Å². The van der Waals surface area contributed by atoms with E-state index in [4.69, 9.17) is 0 Å². The third kappa shape index (κ3) is 2.93. The molecule has 0 spiro atoms. The zero-order valence-corrected chi connectivity index (χ0v) is 12.6. The smallest absolute Gasteiger partial charge is 0.313 e. The molecule has 1 atom stereocenters. The topological polar surface area (TPSA) is 62.3 Å². The van der Waals surface area contributed by atoms with Crippen LogP contribution in [0.2, 0.25) is 0 Å². The van der Waals surface area contributed by atoms with Gasteiger partial charge in [0, 0.05) is 24.7 Å². The summed E-state index contributed by atoms with van der Waals surface area (Å²) < 4.78 is 0. The van der Waals surface area contributed by atoms with Crippen LogP contribution in [-0.4, -0.2) is 34.8 Å². The summed E-state index contributed by atoms with van der Waals surface area (Å²) in [6.45, 7) is 3.41. The molecule has 1 aliphatic rings. The first-order chi connectivity index (χ1) is 10.6. The first-order valence-corrected chi connectivity index (χ1v) is 7.59. The minimum atomic E-state index is -0.591. The summed E-state index contributed by atoms with van der Waals surface area (Å²) in [6.07, 6.45) is 3.74. The molecular formula is C17H19N3O2. The van der Waals surface area contributed by atoms with Crippen molar-refractivity contribution < 1.29 is 9.59 Å². The van der Waals surface area contributed by atoms with E-state index in [1.54, 1.807) is 17.2 Å². The lowest BCUT2D eigenvalue weighted by atomic mass is 10.0. The minimum absolute atomic E-state index is 0.449. The molecule has 1 aliphatic heterocycles. The Morgan fingerprint density at radius 1 is 1.27 bits per heavy atom. The number of likely N-dealkylation sites (tertiary alicyclic amines) is 1. The van der Waals surface area contributed by atoms with E-state index in [2.05, 4.69) is 17.2 Å². The van der Waals surface area contributed by atoms with Crippen molar-refractivity contribution in [3.63, 3.8) is 0 Å². The summed E-state index contributed by atoms with van der Waals surface area (Å²) >= 11 is 0. The average Bonchev–Trinajstić information content (AvgIpc) is 2.54. The summed E-state index contributed by atoms with van der Waals surface area (Å²) in [6, 6.07) is 9.29. The minimum Gasteiger partial charge on any atom is -0.334 e. The summed E-state index contributed by atoms with van der Waals surface area (Å²) in [4.78, 5) is 30.4. The number of carbonyl (C=O) groups is 2. The third-order valence-electron chi connectivity index (χ3n) is 4.02. The number of hydrogen-bond acceptors (Lipinski definition) is 3. The van der Waals surface area contributed by atoms with Crippen LogP contribution in [0, 0.1) is 5.92 Å². The van der Waals surface area contributed by atoms with E-state index >= 15 is 0 Å². The van der Waals surface area contributed by atoms with Gasteiger partial charge >= 0.3 is 11.8 Å². The van der Waals surface area contributed by atoms with Gasteiger partial charge in [-0.25, -0.2) is 0 Å². The number of nitrogens with one attached hydrogen (secondary N) is 1. The number of benzene rings is 1. The van der Waals surface area contributed by atoms with E-state index in [9.17, 15) is 9.59 Å². The van der Waals surface area contributed by atoms with Gasteiger partial charge in [-0.2, -0.15) is 0 Å². The molecule has 1 saturated heterocycles. The lowest BCUT2D eigenvalue weighted by molar-refractivity contribution is -0.144. The highest BCUT2D eigenvalue weighted by Gasteiger charge is 2.26. The van der Waals surface area contributed by atoms with Gasteiger partial charge in [0.2, 0.25) is 0 Å². The highest BCUT2D eigenvalue weighted by molar-refractivity contribution is 6.40. The van der Waals surface area contributed by atoms with Gasteiger partial charge in [0.25, 0.3) is 0 Å². The lowest BCUT2D eigenvalue weighted by Crippen LogP contribution is -2.44. The first kappa shape index (κ1) is 14.5. The Morgan fingerprint density at radius 2 is 2.09 bits per heavy atom. The number of nitrogens with zero attached hydrogens (tertiary/aromatic N) is 2. The number of rotatable bonds is 1. The molecule has 114 valence electrons. The number of piperidine rings is 1. The fourth-order valence-electron chi connectivity index (χ4n) is 2.90. The molecule has 1 aromatic carbocycles. The van der Waals surface area contributed by atoms with Crippen LogP contribution in [0.25, 0.3) is 10.9 Å². The maximum Gasteiger partial charge on any atom is 0.313 e. The van der Waals surface area contributed by atoms with Crippen molar-refractivity contribution in [3.8, 4) is 0 Å². The third-order valence-corrected chi connectivity index (χ3v) is 4.02. The number of pyridine rings is 1. The molecule has 0 bridgehead atoms. The van der Waals surface area contributed by atoms with E-state index in [1.165, 1.54) is 0 Å². The standard InChI is InChI=1S/C17H19N3O2/c1-12-5-4-10-20(11-12)17(22)16(21)19-14-8-2-6-13-7-3-9-18-15(13)14/h2-3,6-9,12H,4-5,10-11H2,1H3,(H,19,21). The number of carbonyl (C=O) groups excluding carboxylic acids is 2. The van der Waals surface area contributed by atoms with Crippen LogP contribution in [0.3, 0.4) is 0 Å². The number of amides is 2. The van der Waals surface area contributed by atoms with Crippen molar-refractivity contribution in [1.29, 1.82) is 0 Å². The Balaban J connectivity index is 1.77. The fraction of sp³-hybridized carbons (Fsp3) is 0.353. The molecule has 0 radical (unpaired) electrons. The van der Waals surface area contributed by atoms with E-state index in [-0.39, 0.29) is 0 Å². The Hall–Kier alpha value is -2.43. The summed E-state index contributed by atoms with van der Waals surface area (Å²) in [5.41, 5.74) is 1.26. The van der Waals surface area contributed by atoms with Crippen LogP contribution in [0.1, 0.15) is 19.8 Å². The zero-order chi connectivity index (χ0) is 15.5. The second-order valence-corrected chi connectivity index (χ2v) is 5.83. The predicted molar refractivity (Wildman–Crippen MR) is 85.4 cm³/mol. The van der Waals surface area contributed by atoms with Crippen molar-refractivity contribution in [2.24, 2.45) is 5.92 Å². The molecule has 22 heavy (non-hydrogen) atoms. The van der Waals surface area contributed by atoms with Crippen LogP contribution in [0.4, 0.5) is 5.69 Å². The van der Waals surface area contributed by atoms with Gasteiger partial charge < -0.3 is 10.2 Å². The second-order valence-electron chi connectivity index (χ2n) is 5.83. The van der Waals surface area contributed by atoms with E-state index in [0.29, 0.717) is 30.2 Å². The van der Waals surface area contributed by atoms with Crippen molar-refractivity contribution in [3.05, 3.63) is 36.5 Å². The SMILES string of the molecule is CC1CCCN(C(=O)C(=O)Nc2cccc3cccnc23)C1. The molecule has 1 N–H and O–H groups in total. The second kappa shape index (κ2) is 6.13. The largest absolute Gasteiger partial charge is 0.334 e. The summed E-state index contributed by atoms with van der Waals surface area (Å²) in [7, 11) is 0. The molecule has 0 aliphatic carbocycles. The normalized spacial score (nSPS) is 18.2. The number of anilines is 1. The van der Waals surface area contributed by atoms with Gasteiger partial charge in [-0.1, -0.05) is 25.1 Å². The molecule has 5 nitrogen and oxygen atoms in total. The van der Waals surface area contributed by atoms with E-state index in [1.807, 2.05) is 24.3 Å². The molecule has 1 fully saturated rings. The Kier molecular flexibility index (Phi) is 4.04. The van der Waals surface area contributed by atoms with Crippen molar-refractivity contribution >= 4 is 28.4 Å². The van der Waals surface area contributed by atoms with Crippen LogP contribution in [0.15, 0.2) is 36.5 Å². The van der Waals surface area contributed by atoms with Gasteiger partial charge in [0.1, 0.15) is 0 Å². The van der Waals surface area contributed by atoms with Crippen LogP contribution >= 0.6 is 0 Å². The Labute approximate surface area is 129 Å². The lowest BCUT2D eigenvalue weighted by Gasteiger charge is -2.30. The van der Waals surface area contributed by atoms with Gasteiger partial charge in [0.15, 0.2) is 0 Å². The summed E-state index contributed by atoms with van der Waals surface area (Å²) in [5, 5.41) is 3.63. The summed E-state index contributed by atoms with van der Waals surface area (Å²) in [5.74, 6) is -0.601. The predicted octanol–water partition coefficient (Wildman–Crippen LogP) is 2.43. The number of aromatic nitrogens is 1. The van der Waals surface area contributed by atoms with Crippen molar-refractivity contribution in [2.45, 2.75) is 19.8 Å². The fourth-order valence-corrected chi connectivity index (χ4v) is 2.90. The molecule has 0 saturated carbocycles. The van der Waals surface area contributed by atoms with Crippen molar-refractivity contribution in [2.75, 3.05) is 18.4 Å². The van der Waals surface area contributed by atoms with Crippen LogP contribution < -0.4 is 5.32 Å². The number of para-hydroxylation sites is 1. The maximum atomic E-state index is 12.3. The van der Waals surface area contributed by atoms with Gasteiger partial charge in [-0.15, -0.1) is 0 Å². The highest BCUT2D eigenvalue weighted by Crippen LogP contribution is 2.21. The van der Waals surface area contributed by atoms with Crippen LogP contribution in [-0.2, 0) is 9.59 Å². The maximum absolute atomic E-state index is 12.3. The molecule has 2 amide bonds. The molecule has 1 aromatic heterocycles. The molecule has 2 aromatic rings. The molecule has 2 heterocycles. The number of hydrogen-bond donors (Lipinski definition) is 1. The number of fused-ring (bicyclic) bond motifs is 1. The Bertz CT molecular complexity index is 709. The molecule has 3 rings (SSSR count). The highest BCUT2D eigenvalue weighted by atomic mass is 16.2. The van der Waals surface area contributed by atoms with E-state index < -0.39 is 11.8 Å². The van der Waals surface area contributed by atoms with Crippen LogP contribution in [0.5, 0.6) is 0 Å². The Morgan fingerprint density at radius 3 is 2.91 bits per heavy atom. The van der Waals surface area contributed by atoms with Gasteiger partial charge in [-0.05, 0) is 30.9 Å². The molecule has 5 heteroatoms. The zero-order valence-electron chi connectivity index (χ0n) is 12.6. The molecule has 1 unspecified atom stereocenters.